The predicted octanol–water partition coefficient (Wildman–Crippen LogP) is 5.25. The van der Waals surface area contributed by atoms with Crippen molar-refractivity contribution in [3.63, 3.8) is 0 Å². The number of piperidine rings is 1. The van der Waals surface area contributed by atoms with Crippen LogP contribution in [0.3, 0.4) is 0 Å². The highest BCUT2D eigenvalue weighted by Crippen LogP contribution is 2.50. The van der Waals surface area contributed by atoms with Crippen LogP contribution in [0.2, 0.25) is 10.0 Å². The third-order valence-electron chi connectivity index (χ3n) is 7.16. The number of thiazole rings is 1. The van der Waals surface area contributed by atoms with Crippen LogP contribution in [0, 0.1) is 18.8 Å². The first-order valence-corrected chi connectivity index (χ1v) is 13.2. The molecular weight excluding hydrogens is 505 g/mol. The van der Waals surface area contributed by atoms with Gasteiger partial charge in [0.1, 0.15) is 11.4 Å². The molecule has 0 radical (unpaired) electrons. The van der Waals surface area contributed by atoms with Gasteiger partial charge in [-0.25, -0.2) is 4.98 Å². The summed E-state index contributed by atoms with van der Waals surface area (Å²) < 4.78 is 5.60. The van der Waals surface area contributed by atoms with E-state index in [0.29, 0.717) is 58.4 Å². The molecule has 1 saturated heterocycles. The van der Waals surface area contributed by atoms with Gasteiger partial charge in [-0.2, -0.15) is 0 Å². The zero-order chi connectivity index (χ0) is 24.3. The number of carbonyl (C=O) groups is 2. The topological polar surface area (TPSA) is 71.5 Å². The Hall–Kier alpha value is -2.61. The van der Waals surface area contributed by atoms with Crippen LogP contribution in [-0.2, 0) is 6.42 Å². The number of nitrogens with zero attached hydrogens (tertiary/aromatic N) is 2. The van der Waals surface area contributed by atoms with Gasteiger partial charge in [-0.1, -0.05) is 41.4 Å². The van der Waals surface area contributed by atoms with Gasteiger partial charge in [-0.05, 0) is 43.4 Å². The van der Waals surface area contributed by atoms with Crippen molar-refractivity contribution in [3.8, 4) is 16.2 Å². The summed E-state index contributed by atoms with van der Waals surface area (Å²) in [6, 6.07) is 10.9. The smallest absolute Gasteiger partial charge is 0.274 e. The van der Waals surface area contributed by atoms with Crippen LogP contribution in [-0.4, -0.2) is 47.4 Å². The lowest BCUT2D eigenvalue weighted by Gasteiger charge is -2.27. The lowest BCUT2D eigenvalue weighted by molar-refractivity contribution is 0.0690. The molecule has 2 aromatic carbocycles. The van der Waals surface area contributed by atoms with E-state index in [9.17, 15) is 9.59 Å². The molecule has 0 bridgehead atoms. The number of aromatic nitrogens is 1. The van der Waals surface area contributed by atoms with Crippen LogP contribution in [0.4, 0.5) is 0 Å². The quantitative estimate of drug-likeness (QED) is 0.491. The van der Waals surface area contributed by atoms with Crippen LogP contribution in [0.5, 0.6) is 5.75 Å². The summed E-state index contributed by atoms with van der Waals surface area (Å²) in [6.45, 7) is 3.56. The molecule has 180 valence electrons. The maximum atomic E-state index is 13.8. The van der Waals surface area contributed by atoms with Gasteiger partial charge < -0.3 is 15.0 Å². The summed E-state index contributed by atoms with van der Waals surface area (Å²) in [4.78, 5) is 34.0. The summed E-state index contributed by atoms with van der Waals surface area (Å²) in [6.07, 6.45) is 1.82. The molecule has 1 aromatic heterocycles. The molecule has 3 aliphatic rings. The molecule has 9 heteroatoms. The Morgan fingerprint density at radius 3 is 2.91 bits per heavy atom. The molecule has 3 atom stereocenters. The van der Waals surface area contributed by atoms with Crippen molar-refractivity contribution in [2.45, 2.75) is 25.8 Å². The van der Waals surface area contributed by atoms with Crippen molar-refractivity contribution in [2.24, 2.45) is 11.8 Å². The average molecular weight is 528 g/mol. The summed E-state index contributed by atoms with van der Waals surface area (Å²) >= 11 is 14.2. The molecule has 0 spiro atoms. The first-order valence-electron chi connectivity index (χ1n) is 11.7. The number of aryl methyl sites for hydroxylation is 1. The number of rotatable bonds is 5. The van der Waals surface area contributed by atoms with E-state index in [4.69, 9.17) is 27.9 Å². The second-order valence-electron chi connectivity index (χ2n) is 9.29. The van der Waals surface area contributed by atoms with E-state index >= 15 is 0 Å². The molecule has 1 N–H and O–H groups in total. The van der Waals surface area contributed by atoms with Gasteiger partial charge in [0, 0.05) is 36.2 Å². The van der Waals surface area contributed by atoms with E-state index in [1.807, 2.05) is 42.2 Å². The molecule has 2 fully saturated rings. The Balaban J connectivity index is 1.23. The maximum Gasteiger partial charge on any atom is 0.274 e. The number of ether oxygens (including phenoxy) is 1. The van der Waals surface area contributed by atoms with Crippen molar-refractivity contribution in [2.75, 3.05) is 19.7 Å². The summed E-state index contributed by atoms with van der Waals surface area (Å²) in [5, 5.41) is 4.73. The fourth-order valence-electron chi connectivity index (χ4n) is 5.36. The van der Waals surface area contributed by atoms with E-state index in [0.717, 1.165) is 34.0 Å². The Morgan fingerprint density at radius 2 is 2.06 bits per heavy atom. The minimum Gasteiger partial charge on any atom is -0.493 e. The van der Waals surface area contributed by atoms with Gasteiger partial charge in [0.05, 0.1) is 32.6 Å². The predicted molar refractivity (Wildman–Crippen MR) is 137 cm³/mol. The lowest BCUT2D eigenvalue weighted by atomic mass is 10.0. The van der Waals surface area contributed by atoms with E-state index in [1.165, 1.54) is 11.3 Å². The number of benzene rings is 2. The lowest BCUT2D eigenvalue weighted by Crippen LogP contribution is -2.45. The second kappa shape index (κ2) is 8.80. The number of halogens is 2. The highest BCUT2D eigenvalue weighted by atomic mass is 35.5. The Kier molecular flexibility index (Phi) is 5.74. The van der Waals surface area contributed by atoms with Crippen molar-refractivity contribution >= 4 is 46.4 Å². The molecule has 2 amide bonds. The minimum atomic E-state index is -0.125. The van der Waals surface area contributed by atoms with Gasteiger partial charge in [-0.3, -0.25) is 9.59 Å². The van der Waals surface area contributed by atoms with Gasteiger partial charge in [-0.15, -0.1) is 11.3 Å². The molecule has 0 unspecified atom stereocenters. The highest BCUT2D eigenvalue weighted by Gasteiger charge is 2.54. The largest absolute Gasteiger partial charge is 0.493 e. The number of fused-ring (bicyclic) bond motifs is 2. The number of likely N-dealkylation sites (tertiary alicyclic amines) is 1. The highest BCUT2D eigenvalue weighted by molar-refractivity contribution is 7.15. The number of amides is 2. The van der Waals surface area contributed by atoms with Gasteiger partial charge in [0.25, 0.3) is 11.8 Å². The number of carbonyl (C=O) groups excluding carboxylic acids is 2. The van der Waals surface area contributed by atoms with Gasteiger partial charge in [0.2, 0.25) is 0 Å². The zero-order valence-corrected chi connectivity index (χ0v) is 21.3. The Labute approximate surface area is 217 Å². The van der Waals surface area contributed by atoms with Crippen molar-refractivity contribution in [1.82, 2.24) is 15.2 Å². The normalized spacial score (nSPS) is 21.9. The van der Waals surface area contributed by atoms with E-state index < -0.39 is 0 Å². The summed E-state index contributed by atoms with van der Waals surface area (Å²) in [5.41, 5.74) is 2.71. The molecule has 1 aliphatic carbocycles. The molecule has 6 nitrogen and oxygen atoms in total. The Morgan fingerprint density at radius 1 is 1.23 bits per heavy atom. The third kappa shape index (κ3) is 3.99. The standard InChI is InChI=1S/C26H23Cl2N3O3S/c1-13-30-23(24(35-13)17-5-2-6-19(27)22(17)28)26(33)31-12-14-10-18(14)20(31)11-29-25(32)16-4-3-7-21-15(16)8-9-34-21/h2-7,14,18,20H,8-12H2,1H3,(H,29,32)/t14-,18-,20+/m0/s1. The molecule has 6 rings (SSSR count). The SMILES string of the molecule is Cc1nc(C(=O)N2C[C@@H]3C[C@@H]3[C@H]2CNC(=O)c2cccc3c2CCO3)c(-c2cccc(Cl)c2Cl)s1. The van der Waals surface area contributed by atoms with E-state index in [1.54, 1.807) is 6.07 Å². The average Bonchev–Trinajstić information content (AvgIpc) is 3.17. The van der Waals surface area contributed by atoms with Crippen molar-refractivity contribution in [1.29, 1.82) is 0 Å². The van der Waals surface area contributed by atoms with Crippen LogP contribution < -0.4 is 10.1 Å². The van der Waals surface area contributed by atoms with Crippen LogP contribution in [0.25, 0.3) is 10.4 Å². The van der Waals surface area contributed by atoms with Gasteiger partial charge in [0.15, 0.2) is 0 Å². The van der Waals surface area contributed by atoms with E-state index in [2.05, 4.69) is 10.3 Å². The third-order valence-corrected chi connectivity index (χ3v) is 8.98. The van der Waals surface area contributed by atoms with Crippen LogP contribution >= 0.6 is 34.5 Å². The fourth-order valence-corrected chi connectivity index (χ4v) is 6.76. The Bertz CT molecular complexity index is 1360. The number of nitrogens with one attached hydrogen (secondary N) is 1. The fraction of sp³-hybridized carbons (Fsp3) is 0.346. The first kappa shape index (κ1) is 22.8. The summed E-state index contributed by atoms with van der Waals surface area (Å²) in [7, 11) is 0. The zero-order valence-electron chi connectivity index (χ0n) is 19.0. The van der Waals surface area contributed by atoms with Crippen molar-refractivity contribution < 1.29 is 14.3 Å². The number of hydrogen-bond donors (Lipinski definition) is 1. The van der Waals surface area contributed by atoms with Crippen molar-refractivity contribution in [3.05, 3.63) is 68.3 Å². The molecule has 2 aliphatic heterocycles. The van der Waals surface area contributed by atoms with Gasteiger partial charge >= 0.3 is 0 Å². The molecule has 35 heavy (non-hydrogen) atoms. The molecule has 1 saturated carbocycles. The molecule has 3 aromatic rings. The first-order chi connectivity index (χ1) is 16.9. The van der Waals surface area contributed by atoms with E-state index in [-0.39, 0.29) is 17.9 Å². The number of hydrogen-bond acceptors (Lipinski definition) is 5. The molecular formula is C26H23Cl2N3O3S. The monoisotopic (exact) mass is 527 g/mol. The maximum absolute atomic E-state index is 13.8. The summed E-state index contributed by atoms with van der Waals surface area (Å²) in [5.74, 6) is 1.42. The molecule has 3 heterocycles. The van der Waals surface area contributed by atoms with Crippen LogP contribution in [0.15, 0.2) is 36.4 Å². The minimum absolute atomic E-state index is 0.0610. The van der Waals surface area contributed by atoms with Crippen LogP contribution in [0.1, 0.15) is 37.8 Å². The second-order valence-corrected chi connectivity index (χ2v) is 11.3.